The summed E-state index contributed by atoms with van der Waals surface area (Å²) in [6.07, 6.45) is 1.72. The van der Waals surface area contributed by atoms with E-state index in [0.717, 1.165) is 20.9 Å². The number of hydrogen-bond acceptors (Lipinski definition) is 2. The van der Waals surface area contributed by atoms with Gasteiger partial charge < -0.3 is 4.74 Å². The van der Waals surface area contributed by atoms with Gasteiger partial charge in [-0.05, 0) is 36.4 Å². The number of hydrogen-bond donors (Lipinski definition) is 0. The van der Waals surface area contributed by atoms with E-state index >= 15 is 0 Å². The highest BCUT2D eigenvalue weighted by atomic mass is 79.9. The predicted molar refractivity (Wildman–Crippen MR) is 90.2 cm³/mol. The van der Waals surface area contributed by atoms with E-state index < -0.39 is 0 Å². The fourth-order valence-electron chi connectivity index (χ4n) is 2.02. The molecule has 0 saturated heterocycles. The molecule has 0 aliphatic carbocycles. The average Bonchev–Trinajstić information content (AvgIpc) is 2.48. The molecule has 0 saturated carbocycles. The van der Waals surface area contributed by atoms with E-state index in [1.807, 2.05) is 42.5 Å². The van der Waals surface area contributed by atoms with Crippen LogP contribution < -0.4 is 4.74 Å². The first-order chi connectivity index (χ1) is 10.1. The van der Waals surface area contributed by atoms with E-state index in [1.165, 1.54) is 0 Å². The molecule has 2 aromatic carbocycles. The van der Waals surface area contributed by atoms with Gasteiger partial charge in [0.25, 0.3) is 0 Å². The van der Waals surface area contributed by atoms with Gasteiger partial charge in [-0.3, -0.25) is 4.98 Å². The molecule has 1 heterocycles. The van der Waals surface area contributed by atoms with Crippen LogP contribution >= 0.6 is 39.1 Å². The molecular formula is C16H10BrCl2NO. The third-order valence-electron chi connectivity index (χ3n) is 3.08. The highest BCUT2D eigenvalue weighted by Gasteiger charge is 2.08. The number of benzene rings is 2. The van der Waals surface area contributed by atoms with Crippen LogP contribution in [0.3, 0.4) is 0 Å². The zero-order chi connectivity index (χ0) is 14.8. The lowest BCUT2D eigenvalue weighted by Gasteiger charge is -2.10. The zero-order valence-electron chi connectivity index (χ0n) is 10.8. The first-order valence-corrected chi connectivity index (χ1v) is 7.80. The van der Waals surface area contributed by atoms with Crippen molar-refractivity contribution in [3.8, 4) is 5.75 Å². The van der Waals surface area contributed by atoms with Crippen molar-refractivity contribution >= 4 is 50.0 Å². The molecule has 1 aromatic heterocycles. The summed E-state index contributed by atoms with van der Waals surface area (Å²) in [5.41, 5.74) is 1.66. The van der Waals surface area contributed by atoms with Gasteiger partial charge >= 0.3 is 0 Å². The monoisotopic (exact) mass is 381 g/mol. The highest BCUT2D eigenvalue weighted by Crippen LogP contribution is 2.30. The maximum atomic E-state index is 6.19. The van der Waals surface area contributed by atoms with Crippen molar-refractivity contribution in [2.45, 2.75) is 6.61 Å². The summed E-state index contributed by atoms with van der Waals surface area (Å²) in [7, 11) is 0. The van der Waals surface area contributed by atoms with Crippen molar-refractivity contribution in [2.75, 3.05) is 0 Å². The Morgan fingerprint density at radius 2 is 1.90 bits per heavy atom. The summed E-state index contributed by atoms with van der Waals surface area (Å²) in [6.45, 7) is 0.374. The van der Waals surface area contributed by atoms with E-state index in [0.29, 0.717) is 22.4 Å². The number of rotatable bonds is 3. The predicted octanol–water partition coefficient (Wildman–Crippen LogP) is 5.88. The van der Waals surface area contributed by atoms with Gasteiger partial charge in [0.05, 0.1) is 5.02 Å². The Hall–Kier alpha value is -1.29. The van der Waals surface area contributed by atoms with Crippen molar-refractivity contribution in [1.29, 1.82) is 0 Å². The molecular weight excluding hydrogens is 373 g/mol. The van der Waals surface area contributed by atoms with Crippen LogP contribution in [0.1, 0.15) is 5.56 Å². The quantitative estimate of drug-likeness (QED) is 0.563. The van der Waals surface area contributed by atoms with Crippen molar-refractivity contribution in [2.24, 2.45) is 0 Å². The molecule has 0 fully saturated rings. The van der Waals surface area contributed by atoms with Crippen molar-refractivity contribution in [3.05, 3.63) is 68.7 Å². The fraction of sp³-hybridized carbons (Fsp3) is 0.0625. The molecule has 2 nitrogen and oxygen atoms in total. The maximum Gasteiger partial charge on any atom is 0.146 e. The summed E-state index contributed by atoms with van der Waals surface area (Å²) in [6, 6.07) is 13.1. The molecule has 0 aliphatic rings. The van der Waals surface area contributed by atoms with Gasteiger partial charge in [0.1, 0.15) is 17.9 Å². The smallest absolute Gasteiger partial charge is 0.146 e. The minimum absolute atomic E-state index is 0.374. The normalized spacial score (nSPS) is 10.8. The Labute approximate surface area is 140 Å². The van der Waals surface area contributed by atoms with Gasteiger partial charge in [-0.15, -0.1) is 0 Å². The van der Waals surface area contributed by atoms with Crippen LogP contribution in [0.2, 0.25) is 10.0 Å². The second-order valence-corrected chi connectivity index (χ2v) is 6.20. The molecule has 0 amide bonds. The lowest BCUT2D eigenvalue weighted by atomic mass is 10.2. The van der Waals surface area contributed by atoms with Gasteiger partial charge in [-0.2, -0.15) is 0 Å². The molecule has 3 aromatic rings. The van der Waals surface area contributed by atoms with E-state index in [1.54, 1.807) is 6.20 Å². The lowest BCUT2D eigenvalue weighted by molar-refractivity contribution is 0.309. The summed E-state index contributed by atoms with van der Waals surface area (Å²) in [5.74, 6) is 0.689. The first kappa shape index (κ1) is 14.6. The lowest BCUT2D eigenvalue weighted by Crippen LogP contribution is -1.97. The van der Waals surface area contributed by atoms with Crippen molar-refractivity contribution in [3.63, 3.8) is 0 Å². The second-order valence-electron chi connectivity index (χ2n) is 4.47. The number of aromatic nitrogens is 1. The summed E-state index contributed by atoms with van der Waals surface area (Å²) < 4.78 is 6.80. The van der Waals surface area contributed by atoms with Gasteiger partial charge in [-0.1, -0.05) is 45.2 Å². The van der Waals surface area contributed by atoms with Crippen LogP contribution in [0.4, 0.5) is 0 Å². The average molecular weight is 383 g/mol. The summed E-state index contributed by atoms with van der Waals surface area (Å²) in [4.78, 5) is 4.34. The minimum Gasteiger partial charge on any atom is -0.487 e. The first-order valence-electron chi connectivity index (χ1n) is 6.25. The van der Waals surface area contributed by atoms with Gasteiger partial charge in [0.2, 0.25) is 0 Å². The number of ether oxygens (including phenoxy) is 1. The summed E-state index contributed by atoms with van der Waals surface area (Å²) in [5, 5.41) is 2.20. The highest BCUT2D eigenvalue weighted by molar-refractivity contribution is 9.10. The Bertz CT molecular complexity index is 807. The molecule has 3 rings (SSSR count). The SMILES string of the molecule is Clc1cc(Br)ccc1COc1ccc(Cl)c2cccnc12. The fourth-order valence-corrected chi connectivity index (χ4v) is 2.97. The second kappa shape index (κ2) is 6.22. The summed E-state index contributed by atoms with van der Waals surface area (Å²) >= 11 is 15.7. The van der Waals surface area contributed by atoms with Crippen molar-refractivity contribution in [1.82, 2.24) is 4.98 Å². The molecule has 21 heavy (non-hydrogen) atoms. The van der Waals surface area contributed by atoms with E-state index in [4.69, 9.17) is 27.9 Å². The van der Waals surface area contributed by atoms with E-state index in [9.17, 15) is 0 Å². The number of nitrogens with zero attached hydrogens (tertiary/aromatic N) is 1. The number of halogens is 3. The van der Waals surface area contributed by atoms with Gasteiger partial charge in [-0.25, -0.2) is 0 Å². The Morgan fingerprint density at radius 3 is 2.71 bits per heavy atom. The van der Waals surface area contributed by atoms with Crippen LogP contribution in [0.15, 0.2) is 53.1 Å². The van der Waals surface area contributed by atoms with Crippen LogP contribution in [0.25, 0.3) is 10.9 Å². The molecule has 106 valence electrons. The standard InChI is InChI=1S/C16H10BrCl2NO/c17-11-4-3-10(14(19)8-11)9-21-15-6-5-13(18)12-2-1-7-20-16(12)15/h1-8H,9H2. The number of pyridine rings is 1. The molecule has 0 radical (unpaired) electrons. The third-order valence-corrected chi connectivity index (χ3v) is 4.25. The molecule has 0 bridgehead atoms. The van der Waals surface area contributed by atoms with Gasteiger partial charge in [0, 0.05) is 26.6 Å². The van der Waals surface area contributed by atoms with Crippen LogP contribution in [0, 0.1) is 0 Å². The molecule has 0 atom stereocenters. The van der Waals surface area contributed by atoms with Crippen LogP contribution in [0.5, 0.6) is 5.75 Å². The molecule has 0 spiro atoms. The largest absolute Gasteiger partial charge is 0.487 e. The van der Waals surface area contributed by atoms with E-state index in [-0.39, 0.29) is 0 Å². The topological polar surface area (TPSA) is 22.1 Å². The van der Waals surface area contributed by atoms with Crippen LogP contribution in [-0.4, -0.2) is 4.98 Å². The molecule has 0 aliphatic heterocycles. The van der Waals surface area contributed by atoms with E-state index in [2.05, 4.69) is 20.9 Å². The van der Waals surface area contributed by atoms with Crippen LogP contribution in [-0.2, 0) is 6.61 Å². The molecule has 0 unspecified atom stereocenters. The maximum absolute atomic E-state index is 6.19. The van der Waals surface area contributed by atoms with Gasteiger partial charge in [0.15, 0.2) is 0 Å². The molecule has 0 N–H and O–H groups in total. The Morgan fingerprint density at radius 1 is 1.05 bits per heavy atom. The Balaban J connectivity index is 1.90. The zero-order valence-corrected chi connectivity index (χ0v) is 13.9. The number of fused-ring (bicyclic) bond motifs is 1. The third kappa shape index (κ3) is 3.15. The Kier molecular flexibility index (Phi) is 4.34. The van der Waals surface area contributed by atoms with Crippen molar-refractivity contribution < 1.29 is 4.74 Å². The molecule has 5 heteroatoms. The minimum atomic E-state index is 0.374.